The number of thiazole rings is 1. The summed E-state index contributed by atoms with van der Waals surface area (Å²) < 4.78 is 13.9. The van der Waals surface area contributed by atoms with Gasteiger partial charge in [0.15, 0.2) is 27.6 Å². The van der Waals surface area contributed by atoms with Crippen LogP contribution in [0.1, 0.15) is 38.3 Å². The van der Waals surface area contributed by atoms with Crippen molar-refractivity contribution in [2.75, 3.05) is 5.32 Å². The second-order valence-corrected chi connectivity index (χ2v) is 7.38. The number of aryl methyl sites for hydroxylation is 1. The Morgan fingerprint density at radius 2 is 2.04 bits per heavy atom. The van der Waals surface area contributed by atoms with E-state index in [1.807, 2.05) is 12.3 Å². The summed E-state index contributed by atoms with van der Waals surface area (Å²) in [5, 5.41) is 15.8. The summed E-state index contributed by atoms with van der Waals surface area (Å²) in [6, 6.07) is 0.0570. The Morgan fingerprint density at radius 3 is 2.65 bits per heavy atom. The summed E-state index contributed by atoms with van der Waals surface area (Å²) in [7, 11) is 0. The van der Waals surface area contributed by atoms with E-state index in [4.69, 9.17) is 11.6 Å². The van der Waals surface area contributed by atoms with E-state index >= 15 is 0 Å². The maximum Gasteiger partial charge on any atom is 0.196 e. The summed E-state index contributed by atoms with van der Waals surface area (Å²) in [6.07, 6.45) is 2.34. The fraction of sp³-hybridized carbons (Fsp3) is 0.533. The Labute approximate surface area is 143 Å². The molecule has 3 rings (SSSR count). The van der Waals surface area contributed by atoms with Gasteiger partial charge < -0.3 is 10.4 Å². The lowest BCUT2D eigenvalue weighted by Crippen LogP contribution is -2.33. The quantitative estimate of drug-likeness (QED) is 0.800. The molecule has 0 unspecified atom stereocenters. The molecule has 1 aliphatic carbocycles. The number of rotatable bonds is 3. The van der Waals surface area contributed by atoms with Crippen LogP contribution in [0.3, 0.4) is 0 Å². The van der Waals surface area contributed by atoms with Crippen molar-refractivity contribution in [3.8, 4) is 16.6 Å². The standard InChI is InChI=1S/C15H18ClFN4OS/c1-8-7-23-14(18-8)13-20-11(16)10(22)12(21-13)19-9-3-5-15(2,17)6-4-9/h7,9,22H,3-6H2,1-2H3,(H,19,20,21). The topological polar surface area (TPSA) is 70.9 Å². The van der Waals surface area contributed by atoms with Crippen molar-refractivity contribution in [3.05, 3.63) is 16.2 Å². The molecule has 2 aromatic rings. The number of anilines is 1. The number of aromatic nitrogens is 3. The second-order valence-electron chi connectivity index (χ2n) is 6.16. The predicted octanol–water partition coefficient (Wildman–Crippen LogP) is 4.35. The third kappa shape index (κ3) is 3.72. The number of hydrogen-bond donors (Lipinski definition) is 2. The Bertz CT molecular complexity index is 711. The number of hydrogen-bond acceptors (Lipinski definition) is 6. The highest BCUT2D eigenvalue weighted by Crippen LogP contribution is 2.36. The minimum Gasteiger partial charge on any atom is -0.502 e. The van der Waals surface area contributed by atoms with Crippen molar-refractivity contribution in [2.24, 2.45) is 0 Å². The van der Waals surface area contributed by atoms with Gasteiger partial charge >= 0.3 is 0 Å². The fourth-order valence-electron chi connectivity index (χ4n) is 2.64. The molecule has 23 heavy (non-hydrogen) atoms. The van der Waals surface area contributed by atoms with Crippen LogP contribution in [-0.4, -0.2) is 31.8 Å². The van der Waals surface area contributed by atoms with Gasteiger partial charge in [0.05, 0.1) is 0 Å². The van der Waals surface area contributed by atoms with Gasteiger partial charge in [-0.1, -0.05) is 11.6 Å². The van der Waals surface area contributed by atoms with Crippen molar-refractivity contribution >= 4 is 28.8 Å². The first-order valence-corrected chi connectivity index (χ1v) is 8.74. The summed E-state index contributed by atoms with van der Waals surface area (Å²) in [5.74, 6) is 0.470. The van der Waals surface area contributed by atoms with Crippen LogP contribution in [0.15, 0.2) is 5.38 Å². The van der Waals surface area contributed by atoms with E-state index in [1.54, 1.807) is 6.92 Å². The summed E-state index contributed by atoms with van der Waals surface area (Å²) in [6.45, 7) is 3.52. The third-order valence-corrected chi connectivity index (χ3v) is 5.24. The zero-order valence-corrected chi connectivity index (χ0v) is 14.5. The van der Waals surface area contributed by atoms with E-state index in [0.29, 0.717) is 36.5 Å². The molecule has 0 bridgehead atoms. The molecule has 8 heteroatoms. The zero-order valence-electron chi connectivity index (χ0n) is 12.9. The summed E-state index contributed by atoms with van der Waals surface area (Å²) in [5.41, 5.74) is -0.227. The van der Waals surface area contributed by atoms with Gasteiger partial charge in [-0.2, -0.15) is 0 Å². The highest BCUT2D eigenvalue weighted by molar-refractivity contribution is 7.13. The molecule has 2 N–H and O–H groups in total. The Kier molecular flexibility index (Phi) is 4.42. The van der Waals surface area contributed by atoms with Crippen LogP contribution in [0.25, 0.3) is 10.8 Å². The first kappa shape index (κ1) is 16.4. The number of alkyl halides is 1. The van der Waals surface area contributed by atoms with E-state index in [0.717, 1.165) is 5.69 Å². The lowest BCUT2D eigenvalue weighted by Gasteiger charge is -2.31. The van der Waals surface area contributed by atoms with Gasteiger partial charge in [-0.15, -0.1) is 11.3 Å². The molecule has 0 saturated heterocycles. The van der Waals surface area contributed by atoms with Crippen LogP contribution < -0.4 is 5.32 Å². The monoisotopic (exact) mass is 356 g/mol. The average molecular weight is 357 g/mol. The number of nitrogens with zero attached hydrogens (tertiary/aromatic N) is 3. The van der Waals surface area contributed by atoms with Crippen molar-refractivity contribution in [2.45, 2.75) is 51.2 Å². The van der Waals surface area contributed by atoms with Gasteiger partial charge in [0.25, 0.3) is 0 Å². The van der Waals surface area contributed by atoms with E-state index in [2.05, 4.69) is 20.3 Å². The molecule has 0 aromatic carbocycles. The molecule has 1 aliphatic rings. The van der Waals surface area contributed by atoms with Crippen LogP contribution in [0.2, 0.25) is 5.15 Å². The van der Waals surface area contributed by atoms with E-state index < -0.39 is 5.67 Å². The summed E-state index contributed by atoms with van der Waals surface area (Å²) in [4.78, 5) is 12.8. The van der Waals surface area contributed by atoms with Crippen molar-refractivity contribution in [3.63, 3.8) is 0 Å². The van der Waals surface area contributed by atoms with Crippen LogP contribution >= 0.6 is 22.9 Å². The molecule has 0 spiro atoms. The molecular weight excluding hydrogens is 339 g/mol. The molecule has 124 valence electrons. The molecule has 1 saturated carbocycles. The van der Waals surface area contributed by atoms with Gasteiger partial charge in [-0.3, -0.25) is 0 Å². The fourth-order valence-corrected chi connectivity index (χ4v) is 3.54. The normalized spacial score (nSPS) is 24.6. The van der Waals surface area contributed by atoms with E-state index in [-0.39, 0.29) is 22.8 Å². The molecule has 2 aromatic heterocycles. The molecular formula is C15H18ClFN4OS. The predicted molar refractivity (Wildman–Crippen MR) is 89.9 cm³/mol. The molecule has 1 fully saturated rings. The molecule has 0 amide bonds. The third-order valence-electron chi connectivity index (χ3n) is 4.02. The largest absolute Gasteiger partial charge is 0.502 e. The molecule has 0 atom stereocenters. The van der Waals surface area contributed by atoms with Crippen LogP contribution in [0.4, 0.5) is 10.2 Å². The van der Waals surface area contributed by atoms with Gasteiger partial charge in [0.1, 0.15) is 5.67 Å². The Hall–Kier alpha value is -1.47. The first-order chi connectivity index (χ1) is 10.8. The number of aromatic hydroxyl groups is 1. The SMILES string of the molecule is Cc1csc(-c2nc(Cl)c(O)c(NC3CCC(C)(F)CC3)n2)n1. The van der Waals surface area contributed by atoms with Gasteiger partial charge in [0, 0.05) is 17.1 Å². The maximum atomic E-state index is 13.9. The maximum absolute atomic E-state index is 13.9. The van der Waals surface area contributed by atoms with Gasteiger partial charge in [-0.05, 0) is 39.5 Å². The Balaban J connectivity index is 1.83. The number of halogens is 2. The smallest absolute Gasteiger partial charge is 0.196 e. The van der Waals surface area contributed by atoms with Crippen LogP contribution in [0, 0.1) is 6.92 Å². The highest BCUT2D eigenvalue weighted by Gasteiger charge is 2.31. The van der Waals surface area contributed by atoms with E-state index in [9.17, 15) is 9.50 Å². The average Bonchev–Trinajstić information content (AvgIpc) is 2.92. The summed E-state index contributed by atoms with van der Waals surface area (Å²) >= 11 is 7.43. The Morgan fingerprint density at radius 1 is 1.35 bits per heavy atom. The highest BCUT2D eigenvalue weighted by atomic mass is 35.5. The van der Waals surface area contributed by atoms with Gasteiger partial charge in [0.2, 0.25) is 0 Å². The van der Waals surface area contributed by atoms with E-state index in [1.165, 1.54) is 11.3 Å². The van der Waals surface area contributed by atoms with Crippen LogP contribution in [-0.2, 0) is 0 Å². The minimum atomic E-state index is -1.10. The second kappa shape index (κ2) is 6.20. The lowest BCUT2D eigenvalue weighted by atomic mass is 9.85. The van der Waals surface area contributed by atoms with Gasteiger partial charge in [-0.25, -0.2) is 19.3 Å². The van der Waals surface area contributed by atoms with Crippen LogP contribution in [0.5, 0.6) is 5.75 Å². The van der Waals surface area contributed by atoms with Crippen molar-refractivity contribution < 1.29 is 9.50 Å². The van der Waals surface area contributed by atoms with Crippen molar-refractivity contribution in [1.82, 2.24) is 15.0 Å². The lowest BCUT2D eigenvalue weighted by molar-refractivity contribution is 0.124. The minimum absolute atomic E-state index is 0.0171. The molecule has 2 heterocycles. The molecule has 5 nitrogen and oxygen atoms in total. The van der Waals surface area contributed by atoms with Crippen molar-refractivity contribution in [1.29, 1.82) is 0 Å². The molecule has 0 radical (unpaired) electrons. The number of nitrogens with one attached hydrogen (secondary N) is 1. The molecule has 0 aliphatic heterocycles. The zero-order chi connectivity index (χ0) is 16.6. The first-order valence-electron chi connectivity index (χ1n) is 7.48.